The third-order valence-corrected chi connectivity index (χ3v) is 5.17. The van der Waals surface area contributed by atoms with Crippen LogP contribution in [0, 0.1) is 6.92 Å². The van der Waals surface area contributed by atoms with Gasteiger partial charge in [0.2, 0.25) is 5.89 Å². The molecule has 0 spiro atoms. The maximum Gasteiger partial charge on any atom is 0.339 e. The molecule has 7 heteroatoms. The molecule has 0 fully saturated rings. The van der Waals surface area contributed by atoms with Gasteiger partial charge in [-0.3, -0.25) is 0 Å². The summed E-state index contributed by atoms with van der Waals surface area (Å²) in [5.74, 6) is 0.989. The van der Waals surface area contributed by atoms with Gasteiger partial charge in [-0.15, -0.1) is 10.2 Å². The lowest BCUT2D eigenvalue weighted by molar-refractivity contribution is 0.0439. The minimum absolute atomic E-state index is 0.0938. The topological polar surface area (TPSA) is 87.3 Å². The van der Waals surface area contributed by atoms with Crippen molar-refractivity contribution in [3.05, 3.63) is 84.1 Å². The van der Waals surface area contributed by atoms with Crippen molar-refractivity contribution in [1.29, 1.82) is 0 Å². The molecule has 7 nitrogen and oxygen atoms in total. The van der Waals surface area contributed by atoms with Crippen LogP contribution in [0.2, 0.25) is 0 Å². The second-order valence-electron chi connectivity index (χ2n) is 7.29. The van der Waals surface area contributed by atoms with Crippen molar-refractivity contribution in [2.24, 2.45) is 0 Å². The van der Waals surface area contributed by atoms with Gasteiger partial charge in [0.15, 0.2) is 6.61 Å². The lowest BCUT2D eigenvalue weighted by Crippen LogP contribution is -2.07. The molecule has 0 saturated carbocycles. The van der Waals surface area contributed by atoms with E-state index in [0.29, 0.717) is 28.1 Å². The number of esters is 1. The average molecular weight is 425 g/mol. The van der Waals surface area contributed by atoms with E-state index in [4.69, 9.17) is 18.9 Å². The first-order chi connectivity index (χ1) is 15.6. The fourth-order valence-electron chi connectivity index (χ4n) is 3.60. The van der Waals surface area contributed by atoms with Crippen molar-refractivity contribution in [3.63, 3.8) is 0 Å². The van der Waals surface area contributed by atoms with Crippen molar-refractivity contribution in [1.82, 2.24) is 15.2 Å². The Morgan fingerprint density at radius 3 is 2.59 bits per heavy atom. The summed E-state index contributed by atoms with van der Waals surface area (Å²) >= 11 is 0. The van der Waals surface area contributed by atoms with Gasteiger partial charge in [0.25, 0.3) is 5.89 Å². The van der Waals surface area contributed by atoms with Crippen LogP contribution >= 0.6 is 0 Å². The van der Waals surface area contributed by atoms with Crippen molar-refractivity contribution in [3.8, 4) is 17.0 Å². The van der Waals surface area contributed by atoms with E-state index in [1.807, 2.05) is 60.7 Å². The smallest absolute Gasteiger partial charge is 0.339 e. The van der Waals surface area contributed by atoms with Crippen molar-refractivity contribution < 1.29 is 18.7 Å². The van der Waals surface area contributed by atoms with E-state index in [-0.39, 0.29) is 12.5 Å². The number of carbonyl (C=O) groups excluding carboxylic acids is 1. The van der Waals surface area contributed by atoms with Gasteiger partial charge in [-0.05, 0) is 41.1 Å². The molecule has 5 rings (SSSR count). The highest BCUT2D eigenvalue weighted by molar-refractivity contribution is 6.04. The Morgan fingerprint density at radius 2 is 1.78 bits per heavy atom. The lowest BCUT2D eigenvalue weighted by atomic mass is 10.0. The van der Waals surface area contributed by atoms with Crippen LogP contribution in [0.3, 0.4) is 0 Å². The molecule has 2 aromatic heterocycles. The fourth-order valence-corrected chi connectivity index (χ4v) is 3.60. The van der Waals surface area contributed by atoms with Crippen molar-refractivity contribution >= 4 is 27.6 Å². The van der Waals surface area contributed by atoms with Crippen LogP contribution in [0.25, 0.3) is 32.9 Å². The molecule has 5 aromatic rings. The van der Waals surface area contributed by atoms with Crippen LogP contribution in [-0.2, 0) is 11.3 Å². The zero-order valence-electron chi connectivity index (χ0n) is 17.5. The van der Waals surface area contributed by atoms with Gasteiger partial charge in [-0.25, -0.2) is 9.78 Å². The quantitative estimate of drug-likeness (QED) is 0.362. The molecule has 0 amide bonds. The molecule has 3 aromatic carbocycles. The molecular weight excluding hydrogens is 406 g/mol. The van der Waals surface area contributed by atoms with Gasteiger partial charge >= 0.3 is 5.97 Å². The molecule has 32 heavy (non-hydrogen) atoms. The Labute approximate surface area is 183 Å². The van der Waals surface area contributed by atoms with Crippen LogP contribution in [-0.4, -0.2) is 28.3 Å². The number of benzene rings is 3. The molecule has 158 valence electrons. The van der Waals surface area contributed by atoms with E-state index in [1.165, 1.54) is 0 Å². The van der Waals surface area contributed by atoms with Crippen LogP contribution in [0.15, 0.2) is 71.1 Å². The maximum atomic E-state index is 13.0. The Bertz CT molecular complexity index is 1460. The summed E-state index contributed by atoms with van der Waals surface area (Å²) in [6, 6.07) is 21.2. The Kier molecular flexibility index (Phi) is 4.99. The molecule has 2 heterocycles. The van der Waals surface area contributed by atoms with E-state index >= 15 is 0 Å². The first-order valence-electron chi connectivity index (χ1n) is 10.0. The molecular formula is C25H19N3O4. The number of aromatic nitrogens is 3. The molecule has 0 aliphatic rings. The number of fused-ring (bicyclic) bond motifs is 2. The second kappa shape index (κ2) is 8.11. The van der Waals surface area contributed by atoms with E-state index in [0.717, 1.165) is 22.1 Å². The first-order valence-corrected chi connectivity index (χ1v) is 10.0. The van der Waals surface area contributed by atoms with Crippen molar-refractivity contribution in [2.45, 2.75) is 13.5 Å². The average Bonchev–Trinajstić information content (AvgIpc) is 3.26. The third kappa shape index (κ3) is 3.76. The van der Waals surface area contributed by atoms with Gasteiger partial charge in [0.1, 0.15) is 5.75 Å². The molecule has 0 aliphatic carbocycles. The monoisotopic (exact) mass is 425 g/mol. The normalized spacial score (nSPS) is 11.1. The first kappa shape index (κ1) is 19.7. The highest BCUT2D eigenvalue weighted by atomic mass is 16.5. The zero-order valence-corrected chi connectivity index (χ0v) is 17.5. The minimum atomic E-state index is -0.480. The number of hydrogen-bond acceptors (Lipinski definition) is 7. The van der Waals surface area contributed by atoms with Crippen LogP contribution < -0.4 is 4.74 Å². The summed E-state index contributed by atoms with van der Waals surface area (Å²) in [6.07, 6.45) is 0. The van der Waals surface area contributed by atoms with Gasteiger partial charge < -0.3 is 13.9 Å². The number of ether oxygens (including phenoxy) is 2. The SMILES string of the molecule is COc1ccc2cc(-c3cc(C(=O)OCc4nnc(C)o4)c4ccccc4n3)ccc2c1. The molecule has 0 bridgehead atoms. The van der Waals surface area contributed by atoms with Crippen LogP contribution in [0.5, 0.6) is 5.75 Å². The highest BCUT2D eigenvalue weighted by Gasteiger charge is 2.17. The summed E-state index contributed by atoms with van der Waals surface area (Å²) in [5.41, 5.74) is 2.72. The van der Waals surface area contributed by atoms with Gasteiger partial charge in [-0.1, -0.05) is 36.4 Å². The summed E-state index contributed by atoms with van der Waals surface area (Å²) in [6.45, 7) is 1.59. The van der Waals surface area contributed by atoms with E-state index in [9.17, 15) is 4.79 Å². The van der Waals surface area contributed by atoms with E-state index in [2.05, 4.69) is 10.2 Å². The maximum absolute atomic E-state index is 13.0. The lowest BCUT2D eigenvalue weighted by Gasteiger charge is -2.10. The number of rotatable bonds is 5. The van der Waals surface area contributed by atoms with Crippen molar-refractivity contribution in [2.75, 3.05) is 7.11 Å². The van der Waals surface area contributed by atoms with Crippen LogP contribution in [0.4, 0.5) is 0 Å². The molecule has 0 atom stereocenters. The van der Waals surface area contributed by atoms with Crippen LogP contribution in [0.1, 0.15) is 22.1 Å². The third-order valence-electron chi connectivity index (χ3n) is 5.17. The van der Waals surface area contributed by atoms with Gasteiger partial charge in [-0.2, -0.15) is 0 Å². The Morgan fingerprint density at radius 1 is 0.969 bits per heavy atom. The Balaban J connectivity index is 1.54. The van der Waals surface area contributed by atoms with Gasteiger partial charge in [0, 0.05) is 17.9 Å². The summed E-state index contributed by atoms with van der Waals surface area (Å²) < 4.78 is 16.0. The zero-order chi connectivity index (χ0) is 22.1. The number of hydrogen-bond donors (Lipinski definition) is 0. The number of nitrogens with zero attached hydrogens (tertiary/aromatic N) is 3. The molecule has 0 saturated heterocycles. The summed E-state index contributed by atoms with van der Waals surface area (Å²) in [7, 11) is 1.65. The standard InChI is InChI=1S/C25H19N3O4/c1-15-27-28-24(32-15)14-31-25(29)21-13-23(26-22-6-4-3-5-20(21)22)18-8-7-17-12-19(30-2)10-9-16(17)11-18/h3-13H,14H2,1-2H3. The number of aryl methyl sites for hydroxylation is 1. The number of pyridine rings is 1. The number of para-hydroxylation sites is 1. The summed E-state index contributed by atoms with van der Waals surface area (Å²) in [5, 5.41) is 10.4. The van der Waals surface area contributed by atoms with E-state index in [1.54, 1.807) is 20.1 Å². The molecule has 0 radical (unpaired) electrons. The van der Waals surface area contributed by atoms with E-state index < -0.39 is 5.97 Å². The largest absolute Gasteiger partial charge is 0.497 e. The molecule has 0 aliphatic heterocycles. The molecule has 0 unspecified atom stereocenters. The predicted octanol–water partition coefficient (Wildman–Crippen LogP) is 5.11. The highest BCUT2D eigenvalue weighted by Crippen LogP contribution is 2.29. The fraction of sp³-hybridized carbons (Fsp3) is 0.120. The summed E-state index contributed by atoms with van der Waals surface area (Å²) in [4.78, 5) is 17.7. The predicted molar refractivity (Wildman–Crippen MR) is 119 cm³/mol. The minimum Gasteiger partial charge on any atom is -0.497 e. The second-order valence-corrected chi connectivity index (χ2v) is 7.29. The molecule has 0 N–H and O–H groups in total. The van der Waals surface area contributed by atoms with Gasteiger partial charge in [0.05, 0.1) is 23.9 Å². The Hall–Kier alpha value is -4.26. The number of methoxy groups -OCH3 is 1. The number of carbonyl (C=O) groups is 1.